The number of rotatable bonds is 3. The maximum absolute atomic E-state index is 13.4. The summed E-state index contributed by atoms with van der Waals surface area (Å²) in [5, 5.41) is 5.32. The highest BCUT2D eigenvalue weighted by Gasteiger charge is 2.26. The number of ether oxygens (including phenoxy) is 1. The lowest BCUT2D eigenvalue weighted by Crippen LogP contribution is -2.50. The molecule has 8 nitrogen and oxygen atoms in total. The number of piperazine rings is 1. The molecule has 0 bridgehead atoms. The highest BCUT2D eigenvalue weighted by molar-refractivity contribution is 5.91. The molecule has 46 heavy (non-hydrogen) atoms. The SMILES string of the molecule is CC(C)(C)OC(=O)N1CCN(c2ccc(-c3ccc(NC(=O)NC#Cc4cccnc4)cc3C#Cc3ccc(F)cc3)cc2)CC1. The van der Waals surface area contributed by atoms with E-state index >= 15 is 0 Å². The number of urea groups is 1. The van der Waals surface area contributed by atoms with Gasteiger partial charge in [0.15, 0.2) is 0 Å². The second kappa shape index (κ2) is 14.3. The van der Waals surface area contributed by atoms with Crippen molar-refractivity contribution in [2.75, 3.05) is 36.4 Å². The normalized spacial score (nSPS) is 12.6. The summed E-state index contributed by atoms with van der Waals surface area (Å²) in [6, 6.07) is 25.3. The van der Waals surface area contributed by atoms with E-state index in [1.54, 1.807) is 53.7 Å². The van der Waals surface area contributed by atoms with Gasteiger partial charge in [-0.1, -0.05) is 30.0 Å². The first-order valence-corrected chi connectivity index (χ1v) is 14.9. The lowest BCUT2D eigenvalue weighted by Gasteiger charge is -2.36. The van der Waals surface area contributed by atoms with Gasteiger partial charge >= 0.3 is 12.1 Å². The first-order valence-electron chi connectivity index (χ1n) is 14.9. The number of carbonyl (C=O) groups is 2. The maximum atomic E-state index is 13.4. The molecule has 2 heterocycles. The molecule has 0 saturated carbocycles. The molecule has 3 aromatic carbocycles. The van der Waals surface area contributed by atoms with Crippen LogP contribution in [0.25, 0.3) is 11.1 Å². The predicted molar refractivity (Wildman–Crippen MR) is 178 cm³/mol. The minimum absolute atomic E-state index is 0.287. The molecule has 4 aromatic rings. The molecule has 1 aliphatic rings. The van der Waals surface area contributed by atoms with Gasteiger partial charge < -0.3 is 19.9 Å². The fourth-order valence-electron chi connectivity index (χ4n) is 4.73. The van der Waals surface area contributed by atoms with Crippen LogP contribution in [-0.4, -0.2) is 53.8 Å². The average Bonchev–Trinajstić information content (AvgIpc) is 3.04. The zero-order valence-corrected chi connectivity index (χ0v) is 25.9. The summed E-state index contributed by atoms with van der Waals surface area (Å²) in [4.78, 5) is 33.0. The van der Waals surface area contributed by atoms with Crippen LogP contribution in [0, 0.1) is 29.6 Å². The first kappa shape index (κ1) is 31.6. The number of anilines is 2. The van der Waals surface area contributed by atoms with Crippen molar-refractivity contribution in [3.63, 3.8) is 0 Å². The number of pyridine rings is 1. The topological polar surface area (TPSA) is 86.8 Å². The van der Waals surface area contributed by atoms with Gasteiger partial charge in [-0.15, -0.1) is 0 Å². The average molecular weight is 616 g/mol. The molecule has 0 spiro atoms. The largest absolute Gasteiger partial charge is 0.444 e. The van der Waals surface area contributed by atoms with Gasteiger partial charge in [0.25, 0.3) is 0 Å². The molecule has 0 radical (unpaired) electrons. The van der Waals surface area contributed by atoms with Crippen molar-refractivity contribution in [3.8, 4) is 34.9 Å². The maximum Gasteiger partial charge on any atom is 0.410 e. The molecule has 1 fully saturated rings. The van der Waals surface area contributed by atoms with Gasteiger partial charge in [-0.2, -0.15) is 0 Å². The van der Waals surface area contributed by atoms with Gasteiger partial charge in [-0.05, 0) is 98.5 Å². The van der Waals surface area contributed by atoms with Crippen LogP contribution in [0.15, 0.2) is 91.3 Å². The molecule has 2 N–H and O–H groups in total. The van der Waals surface area contributed by atoms with E-state index in [1.165, 1.54) is 12.1 Å². The van der Waals surface area contributed by atoms with E-state index in [2.05, 4.69) is 56.5 Å². The fourth-order valence-corrected chi connectivity index (χ4v) is 4.73. The summed E-state index contributed by atoms with van der Waals surface area (Å²) >= 11 is 0. The molecule has 1 aliphatic heterocycles. The van der Waals surface area contributed by atoms with E-state index in [4.69, 9.17) is 4.74 Å². The van der Waals surface area contributed by atoms with Crippen LogP contribution < -0.4 is 15.5 Å². The van der Waals surface area contributed by atoms with Gasteiger partial charge in [0.2, 0.25) is 0 Å². The zero-order chi connectivity index (χ0) is 32.5. The number of halogens is 1. The predicted octanol–water partition coefficient (Wildman–Crippen LogP) is 6.48. The van der Waals surface area contributed by atoms with Crippen molar-refractivity contribution in [2.24, 2.45) is 0 Å². The highest BCUT2D eigenvalue weighted by Crippen LogP contribution is 2.29. The summed E-state index contributed by atoms with van der Waals surface area (Å²) < 4.78 is 19.0. The van der Waals surface area contributed by atoms with Gasteiger partial charge in [-0.3, -0.25) is 10.3 Å². The van der Waals surface area contributed by atoms with Crippen molar-refractivity contribution in [1.29, 1.82) is 0 Å². The van der Waals surface area contributed by atoms with Crippen molar-refractivity contribution in [2.45, 2.75) is 26.4 Å². The number of amides is 3. The monoisotopic (exact) mass is 615 g/mol. The summed E-state index contributed by atoms with van der Waals surface area (Å²) in [6.07, 6.45) is 2.97. The van der Waals surface area contributed by atoms with Gasteiger partial charge in [0, 0.05) is 72.7 Å². The van der Waals surface area contributed by atoms with Crippen LogP contribution in [0.5, 0.6) is 0 Å². The Morgan fingerprint density at radius 1 is 0.870 bits per heavy atom. The molecule has 1 aromatic heterocycles. The molecule has 3 amide bonds. The van der Waals surface area contributed by atoms with Crippen LogP contribution in [0.3, 0.4) is 0 Å². The molecule has 232 valence electrons. The standard InChI is InChI=1S/C37H34FN5O3/c1-37(2,3)46-36(45)43-23-21-42(22-24-43)33-15-10-29(11-16-33)34-17-14-32(25-30(34)9-6-27-7-12-31(38)13-8-27)41-35(44)40-20-18-28-5-4-19-39-26-28/h4-5,7-8,10-17,19,25-26H,21-24H2,1-3H3,(H2,40,41,44). The molecule has 0 unspecified atom stereocenters. The van der Waals surface area contributed by atoms with E-state index in [-0.39, 0.29) is 11.9 Å². The Morgan fingerprint density at radius 3 is 2.28 bits per heavy atom. The van der Waals surface area contributed by atoms with Gasteiger partial charge in [0.05, 0.1) is 0 Å². The van der Waals surface area contributed by atoms with Gasteiger partial charge in [0.1, 0.15) is 11.4 Å². The molecule has 0 aliphatic carbocycles. The first-order chi connectivity index (χ1) is 22.1. The Morgan fingerprint density at radius 2 is 1.61 bits per heavy atom. The van der Waals surface area contributed by atoms with Crippen molar-refractivity contribution < 1.29 is 18.7 Å². The minimum Gasteiger partial charge on any atom is -0.444 e. The lowest BCUT2D eigenvalue weighted by molar-refractivity contribution is 0.0240. The summed E-state index contributed by atoms with van der Waals surface area (Å²) in [5.41, 5.74) is 4.90. The van der Waals surface area contributed by atoms with E-state index in [0.29, 0.717) is 48.6 Å². The number of carbonyl (C=O) groups excluding carboxylic acids is 2. The minimum atomic E-state index is -0.526. The molecule has 5 rings (SSSR count). The Labute approximate surface area is 268 Å². The summed E-state index contributed by atoms with van der Waals surface area (Å²) in [6.45, 7) is 8.15. The molecular weight excluding hydrogens is 581 g/mol. The van der Waals surface area contributed by atoms with E-state index in [9.17, 15) is 14.0 Å². The number of nitrogens with one attached hydrogen (secondary N) is 2. The second-order valence-corrected chi connectivity index (χ2v) is 11.6. The number of benzene rings is 3. The quantitative estimate of drug-likeness (QED) is 0.204. The van der Waals surface area contributed by atoms with Crippen LogP contribution in [0.1, 0.15) is 37.5 Å². The summed E-state index contributed by atoms with van der Waals surface area (Å²) in [7, 11) is 0. The van der Waals surface area contributed by atoms with E-state index in [0.717, 1.165) is 16.8 Å². The smallest absolute Gasteiger partial charge is 0.410 e. The third-order valence-electron chi connectivity index (χ3n) is 6.98. The fraction of sp³-hybridized carbons (Fsp3) is 0.216. The Bertz CT molecular complexity index is 1810. The van der Waals surface area contributed by atoms with Crippen LogP contribution in [0.4, 0.5) is 25.4 Å². The van der Waals surface area contributed by atoms with Crippen molar-refractivity contribution >= 4 is 23.5 Å². The number of aromatic nitrogens is 1. The Hall–Kier alpha value is -5.80. The van der Waals surface area contributed by atoms with Crippen LogP contribution in [-0.2, 0) is 4.74 Å². The van der Waals surface area contributed by atoms with E-state index in [1.807, 2.05) is 39.0 Å². The Balaban J connectivity index is 1.32. The molecule has 0 atom stereocenters. The molecular formula is C37H34FN5O3. The number of nitrogens with zero attached hydrogens (tertiary/aromatic N) is 3. The van der Waals surface area contributed by atoms with Crippen LogP contribution >= 0.6 is 0 Å². The van der Waals surface area contributed by atoms with Gasteiger partial charge in [-0.25, -0.2) is 14.0 Å². The third-order valence-corrected chi connectivity index (χ3v) is 6.98. The van der Waals surface area contributed by atoms with Crippen molar-refractivity contribution in [3.05, 3.63) is 114 Å². The highest BCUT2D eigenvalue weighted by atomic mass is 19.1. The third kappa shape index (κ3) is 8.87. The van der Waals surface area contributed by atoms with Crippen LogP contribution in [0.2, 0.25) is 0 Å². The second-order valence-electron chi connectivity index (χ2n) is 11.6. The Kier molecular flexibility index (Phi) is 9.84. The van der Waals surface area contributed by atoms with E-state index < -0.39 is 11.6 Å². The van der Waals surface area contributed by atoms with Crippen molar-refractivity contribution in [1.82, 2.24) is 15.2 Å². The zero-order valence-electron chi connectivity index (χ0n) is 25.9. The lowest BCUT2D eigenvalue weighted by atomic mass is 9.98. The molecule has 1 saturated heterocycles. The molecule has 9 heteroatoms. The number of hydrogen-bond donors (Lipinski definition) is 2. The number of hydrogen-bond acceptors (Lipinski definition) is 5. The summed E-state index contributed by atoms with van der Waals surface area (Å²) in [5.74, 6) is 8.79.